The number of aromatic amines is 1. The average molecular weight is 417 g/mol. The minimum absolute atomic E-state index is 0.0828. The minimum Gasteiger partial charge on any atom is -0.383 e. The smallest absolute Gasteiger partial charge is 0.383 e. The van der Waals surface area contributed by atoms with Crippen LogP contribution in [0.25, 0.3) is 11.0 Å². The van der Waals surface area contributed by atoms with Crippen molar-refractivity contribution in [3.05, 3.63) is 53.2 Å². The number of piperidine rings is 1. The molecule has 4 rings (SSSR count). The molecule has 2 aromatic heterocycles. The monoisotopic (exact) mass is 417 g/mol. The van der Waals surface area contributed by atoms with Gasteiger partial charge in [0, 0.05) is 13.0 Å². The lowest BCUT2D eigenvalue weighted by atomic mass is 9.96. The van der Waals surface area contributed by atoms with Crippen molar-refractivity contribution < 1.29 is 18.0 Å². The Balaban J connectivity index is 1.64. The van der Waals surface area contributed by atoms with Crippen molar-refractivity contribution >= 4 is 22.8 Å². The number of rotatable bonds is 4. The number of nitrogens with one attached hydrogen (secondary N) is 1. The first kappa shape index (κ1) is 20.2. The molecular formula is C21H22F3N5O. The van der Waals surface area contributed by atoms with E-state index < -0.39 is 17.8 Å². The van der Waals surface area contributed by atoms with Crippen molar-refractivity contribution in [3.8, 4) is 0 Å². The molecule has 1 aliphatic rings. The molecule has 0 radical (unpaired) electrons. The van der Waals surface area contributed by atoms with Crippen LogP contribution < -0.4 is 5.73 Å². The maximum atomic E-state index is 13.7. The SMILES string of the molecule is Nc1[nH]nc2nc(C3CCCCN3C(=O)CCc3ccccc3)cc(C(F)(F)F)c12. The second-order valence-corrected chi connectivity index (χ2v) is 7.51. The summed E-state index contributed by atoms with van der Waals surface area (Å²) in [6.07, 6.45) is -1.53. The molecule has 0 bridgehead atoms. The van der Waals surface area contributed by atoms with E-state index in [2.05, 4.69) is 15.2 Å². The highest BCUT2D eigenvalue weighted by molar-refractivity contribution is 5.90. The van der Waals surface area contributed by atoms with Crippen LogP contribution >= 0.6 is 0 Å². The van der Waals surface area contributed by atoms with Crippen LogP contribution in [0.2, 0.25) is 0 Å². The van der Waals surface area contributed by atoms with Crippen molar-refractivity contribution in [2.24, 2.45) is 0 Å². The van der Waals surface area contributed by atoms with E-state index in [1.54, 1.807) is 4.90 Å². The standard InChI is InChI=1S/C21H22F3N5O/c22-21(23,24)14-12-15(26-20-18(14)19(25)27-28-20)16-8-4-5-11-29(16)17(30)10-9-13-6-2-1-3-7-13/h1-3,6-7,12,16H,4-5,8-11H2,(H3,25,26,27,28). The summed E-state index contributed by atoms with van der Waals surface area (Å²) in [5.74, 6) is -0.253. The van der Waals surface area contributed by atoms with Crippen LogP contribution in [0.1, 0.15) is 48.5 Å². The van der Waals surface area contributed by atoms with Crippen LogP contribution in [0.3, 0.4) is 0 Å². The van der Waals surface area contributed by atoms with Gasteiger partial charge in [-0.15, -0.1) is 0 Å². The minimum atomic E-state index is -4.61. The third-order valence-electron chi connectivity index (χ3n) is 5.51. The molecule has 0 spiro atoms. The number of nitrogens with zero attached hydrogens (tertiary/aromatic N) is 3. The molecule has 1 unspecified atom stereocenters. The fourth-order valence-electron chi connectivity index (χ4n) is 4.04. The summed E-state index contributed by atoms with van der Waals surface area (Å²) >= 11 is 0. The molecule has 158 valence electrons. The number of H-pyrrole nitrogens is 1. The van der Waals surface area contributed by atoms with Crippen LogP contribution in [0.5, 0.6) is 0 Å². The Hall–Kier alpha value is -3.10. The zero-order valence-electron chi connectivity index (χ0n) is 16.2. The molecule has 0 aliphatic carbocycles. The fraction of sp³-hybridized carbons (Fsp3) is 0.381. The number of pyridine rings is 1. The van der Waals surface area contributed by atoms with Crippen LogP contribution in [-0.2, 0) is 17.4 Å². The summed E-state index contributed by atoms with van der Waals surface area (Å²) < 4.78 is 41.0. The third-order valence-corrected chi connectivity index (χ3v) is 5.51. The van der Waals surface area contributed by atoms with E-state index in [9.17, 15) is 18.0 Å². The normalized spacial score (nSPS) is 17.4. The molecule has 1 atom stereocenters. The molecule has 3 N–H and O–H groups in total. The predicted molar refractivity (Wildman–Crippen MR) is 106 cm³/mol. The lowest BCUT2D eigenvalue weighted by molar-refractivity contribution is -0.136. The van der Waals surface area contributed by atoms with Crippen LogP contribution in [0.4, 0.5) is 19.0 Å². The molecule has 6 nitrogen and oxygen atoms in total. The molecule has 9 heteroatoms. The average Bonchev–Trinajstić information content (AvgIpc) is 3.12. The van der Waals surface area contributed by atoms with Crippen molar-refractivity contribution in [2.45, 2.75) is 44.3 Å². The number of amides is 1. The highest BCUT2D eigenvalue weighted by Crippen LogP contribution is 2.39. The van der Waals surface area contributed by atoms with E-state index in [4.69, 9.17) is 5.73 Å². The summed E-state index contributed by atoms with van der Waals surface area (Å²) in [5, 5.41) is 5.97. The highest BCUT2D eigenvalue weighted by atomic mass is 19.4. The van der Waals surface area contributed by atoms with E-state index >= 15 is 0 Å². The molecule has 30 heavy (non-hydrogen) atoms. The van der Waals surface area contributed by atoms with E-state index in [0.29, 0.717) is 25.8 Å². The lowest BCUT2D eigenvalue weighted by Gasteiger charge is -2.35. The van der Waals surface area contributed by atoms with Crippen molar-refractivity contribution in [3.63, 3.8) is 0 Å². The van der Waals surface area contributed by atoms with Crippen LogP contribution in [-0.4, -0.2) is 32.5 Å². The van der Waals surface area contributed by atoms with Crippen LogP contribution in [0.15, 0.2) is 36.4 Å². The zero-order chi connectivity index (χ0) is 21.3. The van der Waals surface area contributed by atoms with Gasteiger partial charge in [0.05, 0.1) is 22.7 Å². The molecule has 0 saturated carbocycles. The summed E-state index contributed by atoms with van der Waals surface area (Å²) in [4.78, 5) is 18.9. The number of hydrogen-bond acceptors (Lipinski definition) is 4. The van der Waals surface area contributed by atoms with Gasteiger partial charge in [-0.3, -0.25) is 9.89 Å². The number of hydrogen-bond donors (Lipinski definition) is 2. The quantitative estimate of drug-likeness (QED) is 0.665. The number of alkyl halides is 3. The Labute approximate surface area is 171 Å². The molecule has 1 aliphatic heterocycles. The first-order valence-electron chi connectivity index (χ1n) is 9.89. The molecule has 3 heterocycles. The van der Waals surface area contributed by atoms with Crippen molar-refractivity contribution in [1.82, 2.24) is 20.1 Å². The van der Waals surface area contributed by atoms with E-state index in [1.807, 2.05) is 30.3 Å². The van der Waals surface area contributed by atoms with Gasteiger partial charge >= 0.3 is 6.18 Å². The number of carbonyl (C=O) groups excluding carboxylic acids is 1. The summed E-state index contributed by atoms with van der Waals surface area (Å²) in [7, 11) is 0. The number of anilines is 1. The van der Waals surface area contributed by atoms with Crippen molar-refractivity contribution in [1.29, 1.82) is 0 Å². The first-order valence-corrected chi connectivity index (χ1v) is 9.89. The van der Waals surface area contributed by atoms with Gasteiger partial charge in [-0.25, -0.2) is 4.98 Å². The Morgan fingerprint density at radius 2 is 2.00 bits per heavy atom. The Morgan fingerprint density at radius 3 is 2.73 bits per heavy atom. The number of halogens is 3. The second-order valence-electron chi connectivity index (χ2n) is 7.51. The molecule has 1 saturated heterocycles. The Bertz CT molecular complexity index is 1050. The second kappa shape index (κ2) is 7.97. The molecule has 3 aromatic rings. The highest BCUT2D eigenvalue weighted by Gasteiger charge is 2.37. The Morgan fingerprint density at radius 1 is 1.23 bits per heavy atom. The lowest BCUT2D eigenvalue weighted by Crippen LogP contribution is -2.39. The maximum absolute atomic E-state index is 13.7. The van der Waals surface area contributed by atoms with E-state index in [0.717, 1.165) is 24.5 Å². The summed E-state index contributed by atoms with van der Waals surface area (Å²) in [6.45, 7) is 0.502. The number of carbonyl (C=O) groups is 1. The third kappa shape index (κ3) is 3.96. The largest absolute Gasteiger partial charge is 0.417 e. The van der Waals surface area contributed by atoms with Crippen molar-refractivity contribution in [2.75, 3.05) is 12.3 Å². The van der Waals surface area contributed by atoms with E-state index in [1.165, 1.54) is 0 Å². The number of fused-ring (bicyclic) bond motifs is 1. The fourth-order valence-corrected chi connectivity index (χ4v) is 4.04. The number of likely N-dealkylation sites (tertiary alicyclic amines) is 1. The molecular weight excluding hydrogens is 395 g/mol. The predicted octanol–water partition coefficient (Wildman–Crippen LogP) is 4.25. The number of aromatic nitrogens is 3. The van der Waals surface area contributed by atoms with Gasteiger partial charge in [0.2, 0.25) is 5.91 Å². The Kier molecular flexibility index (Phi) is 5.36. The van der Waals surface area contributed by atoms with Gasteiger partial charge in [-0.05, 0) is 37.3 Å². The number of benzene rings is 1. The summed E-state index contributed by atoms with van der Waals surface area (Å²) in [6, 6.07) is 10.1. The van der Waals surface area contributed by atoms with Gasteiger partial charge in [-0.2, -0.15) is 18.3 Å². The number of aryl methyl sites for hydroxylation is 1. The molecule has 1 amide bonds. The molecule has 1 aromatic carbocycles. The number of nitrogens with two attached hydrogens (primary N) is 1. The van der Waals surface area contributed by atoms with Crippen LogP contribution in [0, 0.1) is 0 Å². The van der Waals surface area contributed by atoms with Gasteiger partial charge in [0.25, 0.3) is 0 Å². The van der Waals surface area contributed by atoms with Gasteiger partial charge in [0.15, 0.2) is 5.65 Å². The van der Waals surface area contributed by atoms with Gasteiger partial charge in [0.1, 0.15) is 5.82 Å². The molecule has 1 fully saturated rings. The summed E-state index contributed by atoms with van der Waals surface area (Å²) in [5.41, 5.74) is 5.94. The van der Waals surface area contributed by atoms with Gasteiger partial charge in [-0.1, -0.05) is 30.3 Å². The topological polar surface area (TPSA) is 87.9 Å². The van der Waals surface area contributed by atoms with E-state index in [-0.39, 0.29) is 28.5 Å². The maximum Gasteiger partial charge on any atom is 0.417 e. The first-order chi connectivity index (χ1) is 14.3. The number of nitrogen functional groups attached to an aromatic ring is 1. The zero-order valence-corrected chi connectivity index (χ0v) is 16.2. The van der Waals surface area contributed by atoms with Gasteiger partial charge < -0.3 is 10.6 Å².